The quantitative estimate of drug-likeness (QED) is 0.616. The van der Waals surface area contributed by atoms with E-state index in [1.54, 1.807) is 18.2 Å². The van der Waals surface area contributed by atoms with E-state index in [0.717, 1.165) is 0 Å². The van der Waals surface area contributed by atoms with Gasteiger partial charge in [0.2, 0.25) is 0 Å². The molecule has 0 aliphatic heterocycles. The van der Waals surface area contributed by atoms with Crippen molar-refractivity contribution in [2.75, 3.05) is 32.8 Å². The van der Waals surface area contributed by atoms with Crippen LogP contribution in [0.1, 0.15) is 15.9 Å². The summed E-state index contributed by atoms with van der Waals surface area (Å²) in [5, 5.41) is 2.56. The lowest BCUT2D eigenvalue weighted by molar-refractivity contribution is -0.176. The van der Waals surface area contributed by atoms with Crippen molar-refractivity contribution in [3.63, 3.8) is 0 Å². The van der Waals surface area contributed by atoms with Crippen molar-refractivity contribution in [3.05, 3.63) is 53.6 Å². The van der Waals surface area contributed by atoms with Crippen molar-refractivity contribution in [1.82, 2.24) is 0 Å². The Balaban J connectivity index is 1.86. The number of hydrogen-bond acceptors (Lipinski definition) is 6. The van der Waals surface area contributed by atoms with Crippen LogP contribution in [0.15, 0.2) is 42.5 Å². The number of esters is 1. The molecule has 2 aromatic rings. The molecule has 7 nitrogen and oxygen atoms in total. The summed E-state index contributed by atoms with van der Waals surface area (Å²) in [6.45, 7) is -2.15. The molecule has 0 saturated carbocycles. The molecule has 0 radical (unpaired) electrons. The Hall–Kier alpha value is -3.27. The number of carbonyl (C=O) groups is 2. The standard InChI is InChI=1S/C20H20F3NO6/c1-27-15-7-8-17(28-2)16(9-15)24-18(25)11-30-19(26)14-5-3-13(4-6-14)10-29-12-20(21,22)23/h3-9H,10-12H2,1-2H3,(H,24,25). The van der Waals surface area contributed by atoms with Crippen LogP contribution in [0.2, 0.25) is 0 Å². The highest BCUT2D eigenvalue weighted by atomic mass is 19.4. The Morgan fingerprint density at radius 3 is 2.30 bits per heavy atom. The largest absolute Gasteiger partial charge is 0.497 e. The third-order valence-electron chi connectivity index (χ3n) is 3.74. The van der Waals surface area contributed by atoms with Crippen molar-refractivity contribution in [2.24, 2.45) is 0 Å². The molecule has 0 atom stereocenters. The van der Waals surface area contributed by atoms with Gasteiger partial charge in [0.15, 0.2) is 6.61 Å². The summed E-state index contributed by atoms with van der Waals surface area (Å²) in [4.78, 5) is 24.1. The molecule has 0 aliphatic rings. The second-order valence-corrected chi connectivity index (χ2v) is 6.00. The predicted octanol–water partition coefficient (Wildman–Crippen LogP) is 3.58. The molecule has 0 bridgehead atoms. The number of amides is 1. The fraction of sp³-hybridized carbons (Fsp3) is 0.300. The van der Waals surface area contributed by atoms with Crippen LogP contribution in [-0.4, -0.2) is 45.5 Å². The molecular weight excluding hydrogens is 407 g/mol. The Labute approximate surface area is 170 Å². The summed E-state index contributed by atoms with van der Waals surface area (Å²) < 4.78 is 55.9. The van der Waals surface area contributed by atoms with Gasteiger partial charge in [-0.1, -0.05) is 12.1 Å². The third-order valence-corrected chi connectivity index (χ3v) is 3.74. The van der Waals surface area contributed by atoms with E-state index in [9.17, 15) is 22.8 Å². The Kier molecular flexibility index (Phi) is 8.05. The summed E-state index contributed by atoms with van der Waals surface area (Å²) in [6.07, 6.45) is -4.40. The molecule has 10 heteroatoms. The summed E-state index contributed by atoms with van der Waals surface area (Å²) >= 11 is 0. The number of halogens is 3. The molecule has 162 valence electrons. The highest BCUT2D eigenvalue weighted by Gasteiger charge is 2.27. The van der Waals surface area contributed by atoms with E-state index in [-0.39, 0.29) is 12.2 Å². The zero-order valence-electron chi connectivity index (χ0n) is 16.2. The smallest absolute Gasteiger partial charge is 0.411 e. The van der Waals surface area contributed by atoms with Gasteiger partial charge in [0, 0.05) is 6.07 Å². The molecule has 0 fully saturated rings. The Bertz CT molecular complexity index is 868. The zero-order chi connectivity index (χ0) is 22.1. The third kappa shape index (κ3) is 7.28. The van der Waals surface area contributed by atoms with Crippen LogP contribution in [0.3, 0.4) is 0 Å². The van der Waals surface area contributed by atoms with Gasteiger partial charge in [-0.3, -0.25) is 4.79 Å². The van der Waals surface area contributed by atoms with Crippen LogP contribution in [0.4, 0.5) is 18.9 Å². The molecule has 0 aliphatic carbocycles. The van der Waals surface area contributed by atoms with Gasteiger partial charge in [-0.05, 0) is 29.8 Å². The molecule has 1 N–H and O–H groups in total. The van der Waals surface area contributed by atoms with Crippen LogP contribution in [0, 0.1) is 0 Å². The first-order valence-electron chi connectivity index (χ1n) is 8.64. The van der Waals surface area contributed by atoms with Crippen LogP contribution < -0.4 is 14.8 Å². The summed E-state index contributed by atoms with van der Waals surface area (Å²) in [5.41, 5.74) is 0.945. The monoisotopic (exact) mass is 427 g/mol. The number of alkyl halides is 3. The maximum Gasteiger partial charge on any atom is 0.411 e. The summed E-state index contributed by atoms with van der Waals surface area (Å²) in [7, 11) is 2.91. The molecule has 2 rings (SSSR count). The predicted molar refractivity (Wildman–Crippen MR) is 101 cm³/mol. The van der Waals surface area contributed by atoms with E-state index in [1.165, 1.54) is 38.5 Å². The molecular formula is C20H20F3NO6. The van der Waals surface area contributed by atoms with Gasteiger partial charge in [-0.15, -0.1) is 0 Å². The fourth-order valence-corrected chi connectivity index (χ4v) is 2.33. The topological polar surface area (TPSA) is 83.1 Å². The number of hydrogen-bond donors (Lipinski definition) is 1. The van der Waals surface area contributed by atoms with Gasteiger partial charge in [-0.25, -0.2) is 4.79 Å². The van der Waals surface area contributed by atoms with Crippen LogP contribution >= 0.6 is 0 Å². The second kappa shape index (κ2) is 10.5. The minimum atomic E-state index is -4.40. The number of methoxy groups -OCH3 is 2. The minimum absolute atomic E-state index is 0.140. The van der Waals surface area contributed by atoms with Crippen molar-refractivity contribution in [3.8, 4) is 11.5 Å². The van der Waals surface area contributed by atoms with Gasteiger partial charge in [-0.2, -0.15) is 13.2 Å². The zero-order valence-corrected chi connectivity index (χ0v) is 16.2. The van der Waals surface area contributed by atoms with Crippen molar-refractivity contribution >= 4 is 17.6 Å². The number of carbonyl (C=O) groups excluding carboxylic acids is 2. The number of benzene rings is 2. The molecule has 0 aromatic heterocycles. The molecule has 0 spiro atoms. The maximum absolute atomic E-state index is 12.1. The highest BCUT2D eigenvalue weighted by Crippen LogP contribution is 2.28. The summed E-state index contributed by atoms with van der Waals surface area (Å²) in [5.74, 6) is -0.446. The highest BCUT2D eigenvalue weighted by molar-refractivity contribution is 5.96. The van der Waals surface area contributed by atoms with E-state index in [1.807, 2.05) is 0 Å². The number of nitrogens with one attached hydrogen (secondary N) is 1. The molecule has 0 saturated heterocycles. The number of anilines is 1. The first kappa shape index (κ1) is 23.0. The van der Waals surface area contributed by atoms with Crippen LogP contribution in [0.5, 0.6) is 11.5 Å². The molecule has 30 heavy (non-hydrogen) atoms. The van der Waals surface area contributed by atoms with Gasteiger partial charge < -0.3 is 24.3 Å². The van der Waals surface area contributed by atoms with E-state index in [4.69, 9.17) is 14.2 Å². The van der Waals surface area contributed by atoms with E-state index >= 15 is 0 Å². The lowest BCUT2D eigenvalue weighted by Crippen LogP contribution is -2.21. The van der Waals surface area contributed by atoms with Crippen molar-refractivity contribution < 1.29 is 41.7 Å². The van der Waals surface area contributed by atoms with Crippen molar-refractivity contribution in [1.29, 1.82) is 0 Å². The van der Waals surface area contributed by atoms with Gasteiger partial charge in [0.1, 0.15) is 18.1 Å². The second-order valence-electron chi connectivity index (χ2n) is 6.00. The maximum atomic E-state index is 12.1. The van der Waals surface area contributed by atoms with Crippen molar-refractivity contribution in [2.45, 2.75) is 12.8 Å². The first-order valence-corrected chi connectivity index (χ1v) is 8.64. The van der Waals surface area contributed by atoms with Gasteiger partial charge >= 0.3 is 12.1 Å². The molecule has 0 unspecified atom stereocenters. The lowest BCUT2D eigenvalue weighted by atomic mass is 10.1. The summed E-state index contributed by atoms with van der Waals surface area (Å²) in [6, 6.07) is 10.4. The van der Waals surface area contributed by atoms with E-state index in [2.05, 4.69) is 10.1 Å². The number of rotatable bonds is 9. The first-order chi connectivity index (χ1) is 14.2. The Morgan fingerprint density at radius 1 is 1.00 bits per heavy atom. The Morgan fingerprint density at radius 2 is 1.70 bits per heavy atom. The average molecular weight is 427 g/mol. The molecule has 2 aromatic carbocycles. The lowest BCUT2D eigenvalue weighted by Gasteiger charge is -2.12. The molecule has 1 amide bonds. The minimum Gasteiger partial charge on any atom is -0.497 e. The van der Waals surface area contributed by atoms with Crippen LogP contribution in [0.25, 0.3) is 0 Å². The SMILES string of the molecule is COc1ccc(OC)c(NC(=O)COC(=O)c2ccc(COCC(F)(F)F)cc2)c1. The van der Waals surface area contributed by atoms with Crippen LogP contribution in [-0.2, 0) is 20.9 Å². The van der Waals surface area contributed by atoms with Gasteiger partial charge in [0.25, 0.3) is 5.91 Å². The normalized spacial score (nSPS) is 11.0. The number of ether oxygens (including phenoxy) is 4. The average Bonchev–Trinajstić information content (AvgIpc) is 2.71. The fourth-order valence-electron chi connectivity index (χ4n) is 2.33. The van der Waals surface area contributed by atoms with E-state index < -0.39 is 31.3 Å². The van der Waals surface area contributed by atoms with Gasteiger partial charge in [0.05, 0.1) is 32.1 Å². The molecule has 0 heterocycles. The van der Waals surface area contributed by atoms with E-state index in [0.29, 0.717) is 22.7 Å².